The average molecular weight is 277 g/mol. The minimum atomic E-state index is -4.57. The van der Waals surface area contributed by atoms with Crippen LogP contribution in [0.15, 0.2) is 6.20 Å². The Morgan fingerprint density at radius 2 is 2.32 bits per heavy atom. The minimum absolute atomic E-state index is 0.0935. The van der Waals surface area contributed by atoms with Crippen molar-refractivity contribution in [1.82, 2.24) is 15.1 Å². The van der Waals surface area contributed by atoms with Gasteiger partial charge in [-0.25, -0.2) is 4.79 Å². The summed E-state index contributed by atoms with van der Waals surface area (Å²) >= 11 is 0. The summed E-state index contributed by atoms with van der Waals surface area (Å²) in [5.74, 6) is -1.78. The quantitative estimate of drug-likeness (QED) is 0.809. The van der Waals surface area contributed by atoms with Crippen LogP contribution in [0.1, 0.15) is 27.8 Å². The lowest BCUT2D eigenvalue weighted by Gasteiger charge is -2.26. The first-order valence-electron chi connectivity index (χ1n) is 5.45. The minimum Gasteiger partial charge on any atom is -0.462 e. The molecule has 1 aromatic rings. The summed E-state index contributed by atoms with van der Waals surface area (Å²) in [6.07, 6.45) is -3.53. The highest BCUT2D eigenvalue weighted by molar-refractivity contribution is 6.04. The second-order valence-electron chi connectivity index (χ2n) is 3.88. The molecule has 1 unspecified atom stereocenters. The summed E-state index contributed by atoms with van der Waals surface area (Å²) in [6.45, 7) is 1.11. The van der Waals surface area contributed by atoms with Crippen LogP contribution >= 0.6 is 0 Å². The molecule has 2 rings (SSSR count). The lowest BCUT2D eigenvalue weighted by Crippen LogP contribution is -2.52. The van der Waals surface area contributed by atoms with E-state index in [2.05, 4.69) is 5.10 Å². The van der Waals surface area contributed by atoms with E-state index in [9.17, 15) is 22.8 Å². The molecule has 1 atom stereocenters. The number of halogens is 3. The van der Waals surface area contributed by atoms with E-state index in [1.807, 2.05) is 0 Å². The fourth-order valence-corrected chi connectivity index (χ4v) is 1.75. The van der Waals surface area contributed by atoms with Crippen molar-refractivity contribution in [3.63, 3.8) is 0 Å². The van der Waals surface area contributed by atoms with Crippen molar-refractivity contribution in [2.75, 3.05) is 6.61 Å². The van der Waals surface area contributed by atoms with Gasteiger partial charge in [0.1, 0.15) is 17.3 Å². The number of hydrogen-bond acceptors (Lipinski definition) is 4. The second kappa shape index (κ2) is 4.56. The Morgan fingerprint density at radius 1 is 1.63 bits per heavy atom. The number of ether oxygens (including phenoxy) is 1. The van der Waals surface area contributed by atoms with E-state index in [1.54, 1.807) is 12.2 Å². The summed E-state index contributed by atoms with van der Waals surface area (Å²) in [4.78, 5) is 23.2. The Balaban J connectivity index is 2.33. The van der Waals surface area contributed by atoms with Gasteiger partial charge in [-0.1, -0.05) is 0 Å². The number of carbonyl (C=O) groups is 2. The first-order valence-corrected chi connectivity index (χ1v) is 5.45. The van der Waals surface area contributed by atoms with Crippen LogP contribution in [0.25, 0.3) is 0 Å². The highest BCUT2D eigenvalue weighted by Crippen LogP contribution is 2.25. The van der Waals surface area contributed by atoms with E-state index in [1.165, 1.54) is 0 Å². The molecule has 0 radical (unpaired) electrons. The zero-order valence-electron chi connectivity index (χ0n) is 9.82. The van der Waals surface area contributed by atoms with Crippen LogP contribution in [-0.2, 0) is 11.3 Å². The number of rotatable bonds is 2. The molecule has 2 heterocycles. The fourth-order valence-electron chi connectivity index (χ4n) is 1.75. The molecule has 1 aliphatic rings. The lowest BCUT2D eigenvalue weighted by atomic mass is 10.1. The van der Waals surface area contributed by atoms with E-state index < -0.39 is 30.6 Å². The molecule has 1 amide bonds. The van der Waals surface area contributed by atoms with Crippen LogP contribution in [0.5, 0.6) is 0 Å². The van der Waals surface area contributed by atoms with Crippen molar-refractivity contribution in [3.05, 3.63) is 17.5 Å². The highest BCUT2D eigenvalue weighted by Gasteiger charge is 2.45. The molecular formula is C10H10F3N3O3. The number of alkyl halides is 3. The normalized spacial score (nSPS) is 18.7. The van der Waals surface area contributed by atoms with Crippen LogP contribution < -0.4 is 5.32 Å². The fraction of sp³-hybridized carbons (Fsp3) is 0.500. The molecule has 0 saturated heterocycles. The van der Waals surface area contributed by atoms with Crippen LogP contribution in [0, 0.1) is 0 Å². The topological polar surface area (TPSA) is 73.2 Å². The van der Waals surface area contributed by atoms with E-state index in [0.717, 1.165) is 10.9 Å². The number of carbonyl (C=O) groups excluding carboxylic acids is 2. The number of hydrogen-bond donors (Lipinski definition) is 1. The molecule has 0 aliphatic carbocycles. The van der Waals surface area contributed by atoms with Gasteiger partial charge in [-0.3, -0.25) is 9.48 Å². The Morgan fingerprint density at radius 3 is 2.89 bits per heavy atom. The van der Waals surface area contributed by atoms with Crippen LogP contribution in [0.3, 0.4) is 0 Å². The lowest BCUT2D eigenvalue weighted by molar-refractivity contribution is -0.158. The maximum absolute atomic E-state index is 12.5. The predicted molar refractivity (Wildman–Crippen MR) is 55.5 cm³/mol. The van der Waals surface area contributed by atoms with Gasteiger partial charge >= 0.3 is 12.1 Å². The molecule has 19 heavy (non-hydrogen) atoms. The summed E-state index contributed by atoms with van der Waals surface area (Å²) < 4.78 is 43.2. The third-order valence-corrected chi connectivity index (χ3v) is 2.61. The summed E-state index contributed by atoms with van der Waals surface area (Å²) in [5, 5.41) is 5.43. The Bertz CT molecular complexity index is 524. The summed E-state index contributed by atoms with van der Waals surface area (Å²) in [6, 6.07) is -2.01. The molecule has 1 N–H and O–H groups in total. The largest absolute Gasteiger partial charge is 0.462 e. The Hall–Kier alpha value is -2.06. The van der Waals surface area contributed by atoms with Crippen LogP contribution in [0.2, 0.25) is 0 Å². The van der Waals surface area contributed by atoms with Crippen LogP contribution in [0.4, 0.5) is 13.2 Å². The van der Waals surface area contributed by atoms with E-state index in [-0.39, 0.29) is 17.9 Å². The number of amides is 1. The van der Waals surface area contributed by atoms with Crippen LogP contribution in [-0.4, -0.2) is 40.5 Å². The van der Waals surface area contributed by atoms with Gasteiger partial charge in [0.15, 0.2) is 0 Å². The van der Waals surface area contributed by atoms with E-state index in [0.29, 0.717) is 0 Å². The van der Waals surface area contributed by atoms with Gasteiger partial charge in [0.2, 0.25) is 0 Å². The third kappa shape index (κ3) is 2.40. The Labute approximate surface area is 105 Å². The number of nitrogens with one attached hydrogen (secondary N) is 1. The zero-order valence-corrected chi connectivity index (χ0v) is 9.82. The van der Waals surface area contributed by atoms with Gasteiger partial charge in [0, 0.05) is 0 Å². The first-order chi connectivity index (χ1) is 8.84. The van der Waals surface area contributed by atoms with Crippen molar-refractivity contribution >= 4 is 11.9 Å². The molecule has 9 heteroatoms. The van der Waals surface area contributed by atoms with Gasteiger partial charge in [-0.15, -0.1) is 0 Å². The maximum Gasteiger partial charge on any atom is 0.410 e. The molecule has 1 aromatic heterocycles. The van der Waals surface area contributed by atoms with Gasteiger partial charge < -0.3 is 10.1 Å². The number of aromatic nitrogens is 2. The highest BCUT2D eigenvalue weighted by atomic mass is 19.4. The number of fused-ring (bicyclic) bond motifs is 1. The molecule has 0 saturated carbocycles. The number of nitrogens with zero attached hydrogens (tertiary/aromatic N) is 2. The molecular weight excluding hydrogens is 267 g/mol. The SMILES string of the molecule is CCOC(=O)c1cnn2c1C(=O)NC(C(F)(F)F)C2. The van der Waals surface area contributed by atoms with Gasteiger partial charge in [-0.2, -0.15) is 18.3 Å². The number of esters is 1. The maximum atomic E-state index is 12.5. The van der Waals surface area contributed by atoms with Gasteiger partial charge in [0.25, 0.3) is 5.91 Å². The molecule has 1 aliphatic heterocycles. The first kappa shape index (κ1) is 13.4. The van der Waals surface area contributed by atoms with Gasteiger partial charge in [0.05, 0.1) is 19.3 Å². The van der Waals surface area contributed by atoms with Crippen molar-refractivity contribution < 1.29 is 27.5 Å². The van der Waals surface area contributed by atoms with E-state index in [4.69, 9.17) is 4.74 Å². The van der Waals surface area contributed by atoms with Crippen molar-refractivity contribution in [2.24, 2.45) is 0 Å². The standard InChI is InChI=1S/C10H10F3N3O3/c1-2-19-9(18)5-3-14-16-4-6(10(11,12)13)15-8(17)7(5)16/h3,6H,2,4H2,1H3,(H,15,17). The molecule has 0 fully saturated rings. The third-order valence-electron chi connectivity index (χ3n) is 2.61. The Kier molecular flexibility index (Phi) is 3.21. The molecule has 104 valence electrons. The second-order valence-corrected chi connectivity index (χ2v) is 3.88. The van der Waals surface area contributed by atoms with E-state index >= 15 is 0 Å². The van der Waals surface area contributed by atoms with Crippen molar-refractivity contribution in [1.29, 1.82) is 0 Å². The average Bonchev–Trinajstić information content (AvgIpc) is 2.72. The van der Waals surface area contributed by atoms with Gasteiger partial charge in [-0.05, 0) is 6.92 Å². The summed E-state index contributed by atoms with van der Waals surface area (Å²) in [7, 11) is 0. The summed E-state index contributed by atoms with van der Waals surface area (Å²) in [5.41, 5.74) is -0.348. The zero-order chi connectivity index (χ0) is 14.2. The molecule has 0 aromatic carbocycles. The molecule has 0 bridgehead atoms. The predicted octanol–water partition coefficient (Wildman–Crippen LogP) is 0.734. The monoisotopic (exact) mass is 277 g/mol. The van der Waals surface area contributed by atoms with Crippen molar-refractivity contribution in [2.45, 2.75) is 25.7 Å². The van der Waals surface area contributed by atoms with Crippen molar-refractivity contribution in [3.8, 4) is 0 Å². The molecule has 0 spiro atoms. The molecule has 6 nitrogen and oxygen atoms in total. The smallest absolute Gasteiger partial charge is 0.410 e.